The third kappa shape index (κ3) is 2.90. The van der Waals surface area contributed by atoms with Crippen molar-refractivity contribution in [3.05, 3.63) is 34.9 Å². The molecule has 0 aromatic heterocycles. The van der Waals surface area contributed by atoms with E-state index in [1.807, 2.05) is 0 Å². The lowest BCUT2D eigenvalue weighted by Crippen LogP contribution is -2.17. The van der Waals surface area contributed by atoms with E-state index in [1.165, 1.54) is 0 Å². The van der Waals surface area contributed by atoms with Crippen LogP contribution >= 0.6 is 11.6 Å². The molecule has 1 amide bonds. The number of carbonyl (C=O) groups excluding carboxylic acids is 1. The van der Waals surface area contributed by atoms with Gasteiger partial charge in [0.05, 0.1) is 0 Å². The Morgan fingerprint density at radius 2 is 2.21 bits per heavy atom. The van der Waals surface area contributed by atoms with Gasteiger partial charge in [-0.15, -0.1) is 0 Å². The van der Waals surface area contributed by atoms with Gasteiger partial charge in [-0.05, 0) is 6.07 Å². The predicted octanol–water partition coefficient (Wildman–Crippen LogP) is 1.47. The van der Waals surface area contributed by atoms with Gasteiger partial charge in [0, 0.05) is 10.6 Å². The summed E-state index contributed by atoms with van der Waals surface area (Å²) in [5.41, 5.74) is 5.26. The van der Waals surface area contributed by atoms with Crippen LogP contribution in [0.15, 0.2) is 24.3 Å². The number of hydrogen-bond acceptors (Lipinski definition) is 3. The van der Waals surface area contributed by atoms with E-state index in [4.69, 9.17) is 17.3 Å². The van der Waals surface area contributed by atoms with Crippen LogP contribution in [0.3, 0.4) is 0 Å². The molecule has 1 atom stereocenters. The van der Waals surface area contributed by atoms with E-state index in [0.717, 1.165) is 0 Å². The maximum absolute atomic E-state index is 10.3. The van der Waals surface area contributed by atoms with Gasteiger partial charge in [-0.25, -0.2) is 4.79 Å². The van der Waals surface area contributed by atoms with E-state index in [0.29, 0.717) is 10.6 Å². The average Bonchev–Trinajstić information content (AvgIpc) is 2.15. The number of carbonyl (C=O) groups is 1. The van der Waals surface area contributed by atoms with Gasteiger partial charge in [0.15, 0.2) is 0 Å². The minimum absolute atomic E-state index is 0.195. The average molecular weight is 216 g/mol. The van der Waals surface area contributed by atoms with Crippen molar-refractivity contribution in [2.75, 3.05) is 6.61 Å². The first-order valence-electron chi connectivity index (χ1n) is 3.96. The molecular formula is C9H10ClNO3. The standard InChI is InChI=1S/C9H10ClNO3/c10-7-4-2-1-3-6(7)8(12)5-14-9(11)13/h1-4,8,12H,5H2,(H2,11,13)/t8-/m1/s1. The first kappa shape index (κ1) is 10.8. The van der Waals surface area contributed by atoms with Crippen LogP contribution in [0.5, 0.6) is 0 Å². The molecule has 1 aromatic carbocycles. The van der Waals surface area contributed by atoms with Crippen LogP contribution in [0.2, 0.25) is 5.02 Å². The summed E-state index contributed by atoms with van der Waals surface area (Å²) in [5.74, 6) is 0. The highest BCUT2D eigenvalue weighted by molar-refractivity contribution is 6.31. The molecule has 1 aromatic rings. The lowest BCUT2D eigenvalue weighted by Gasteiger charge is -2.11. The smallest absolute Gasteiger partial charge is 0.404 e. The number of hydrogen-bond donors (Lipinski definition) is 2. The van der Waals surface area contributed by atoms with Crippen molar-refractivity contribution in [2.24, 2.45) is 5.73 Å². The van der Waals surface area contributed by atoms with E-state index in [1.54, 1.807) is 24.3 Å². The summed E-state index contributed by atoms with van der Waals surface area (Å²) in [6.45, 7) is -0.195. The Morgan fingerprint density at radius 1 is 1.57 bits per heavy atom. The molecule has 0 spiro atoms. The number of benzene rings is 1. The SMILES string of the molecule is NC(=O)OC[C@@H](O)c1ccccc1Cl. The lowest BCUT2D eigenvalue weighted by molar-refractivity contribution is 0.0729. The molecule has 14 heavy (non-hydrogen) atoms. The Bertz CT molecular complexity index is 330. The van der Waals surface area contributed by atoms with E-state index < -0.39 is 12.2 Å². The second kappa shape index (κ2) is 4.83. The molecule has 76 valence electrons. The van der Waals surface area contributed by atoms with Gasteiger partial charge in [-0.3, -0.25) is 0 Å². The van der Waals surface area contributed by atoms with Crippen LogP contribution in [0.4, 0.5) is 4.79 Å². The third-order valence-corrected chi connectivity index (χ3v) is 1.99. The molecule has 3 N–H and O–H groups in total. The van der Waals surface area contributed by atoms with Crippen molar-refractivity contribution >= 4 is 17.7 Å². The fourth-order valence-electron chi connectivity index (χ4n) is 0.996. The van der Waals surface area contributed by atoms with Crippen molar-refractivity contribution in [2.45, 2.75) is 6.10 Å². The van der Waals surface area contributed by atoms with Crippen LogP contribution < -0.4 is 5.73 Å². The van der Waals surface area contributed by atoms with Crippen LogP contribution in [0, 0.1) is 0 Å². The minimum Gasteiger partial charge on any atom is -0.447 e. The lowest BCUT2D eigenvalue weighted by atomic mass is 10.1. The zero-order valence-electron chi connectivity index (χ0n) is 7.31. The number of ether oxygens (including phenoxy) is 1. The quantitative estimate of drug-likeness (QED) is 0.802. The maximum atomic E-state index is 10.3. The van der Waals surface area contributed by atoms with Gasteiger partial charge in [0.2, 0.25) is 0 Å². The second-order valence-corrected chi connectivity index (χ2v) is 3.07. The van der Waals surface area contributed by atoms with Crippen LogP contribution in [-0.4, -0.2) is 17.8 Å². The normalized spacial score (nSPS) is 12.1. The number of amides is 1. The summed E-state index contributed by atoms with van der Waals surface area (Å²) >= 11 is 5.80. The molecular weight excluding hydrogens is 206 g/mol. The van der Waals surface area contributed by atoms with Crippen molar-refractivity contribution < 1.29 is 14.6 Å². The molecule has 0 aliphatic heterocycles. The highest BCUT2D eigenvalue weighted by Gasteiger charge is 2.12. The molecule has 0 saturated carbocycles. The number of aliphatic hydroxyl groups is 1. The summed E-state index contributed by atoms with van der Waals surface area (Å²) in [4.78, 5) is 10.3. The van der Waals surface area contributed by atoms with Gasteiger partial charge in [0.25, 0.3) is 0 Å². The van der Waals surface area contributed by atoms with Crippen LogP contribution in [0.25, 0.3) is 0 Å². The first-order valence-corrected chi connectivity index (χ1v) is 4.34. The van der Waals surface area contributed by atoms with Gasteiger partial charge < -0.3 is 15.6 Å². The first-order chi connectivity index (χ1) is 6.61. The number of primary amides is 1. The molecule has 0 aliphatic rings. The zero-order valence-corrected chi connectivity index (χ0v) is 8.07. The van der Waals surface area contributed by atoms with Crippen LogP contribution in [-0.2, 0) is 4.74 Å². The second-order valence-electron chi connectivity index (χ2n) is 2.67. The Labute approximate surface area is 86.2 Å². The van der Waals surface area contributed by atoms with Crippen molar-refractivity contribution in [1.82, 2.24) is 0 Å². The maximum Gasteiger partial charge on any atom is 0.404 e. The summed E-state index contributed by atoms with van der Waals surface area (Å²) in [7, 11) is 0. The van der Waals surface area contributed by atoms with Gasteiger partial charge >= 0.3 is 6.09 Å². The number of rotatable bonds is 3. The highest BCUT2D eigenvalue weighted by Crippen LogP contribution is 2.22. The Kier molecular flexibility index (Phi) is 3.73. The Morgan fingerprint density at radius 3 is 2.79 bits per heavy atom. The molecule has 0 radical (unpaired) electrons. The van der Waals surface area contributed by atoms with Crippen LogP contribution in [0.1, 0.15) is 11.7 Å². The summed E-state index contributed by atoms with van der Waals surface area (Å²) in [6, 6.07) is 6.77. The van der Waals surface area contributed by atoms with E-state index in [-0.39, 0.29) is 6.61 Å². The molecule has 0 fully saturated rings. The van der Waals surface area contributed by atoms with Gasteiger partial charge in [-0.1, -0.05) is 29.8 Å². The molecule has 0 saturated heterocycles. The van der Waals surface area contributed by atoms with Crippen molar-refractivity contribution in [1.29, 1.82) is 0 Å². The Balaban J connectivity index is 2.65. The minimum atomic E-state index is -0.948. The molecule has 4 nitrogen and oxygen atoms in total. The largest absolute Gasteiger partial charge is 0.447 e. The molecule has 0 bridgehead atoms. The van der Waals surface area contributed by atoms with Gasteiger partial charge in [-0.2, -0.15) is 0 Å². The number of aliphatic hydroxyl groups excluding tert-OH is 1. The number of nitrogens with two attached hydrogens (primary N) is 1. The predicted molar refractivity (Wildman–Crippen MR) is 51.9 cm³/mol. The Hall–Kier alpha value is -1.26. The van der Waals surface area contributed by atoms with Crippen molar-refractivity contribution in [3.63, 3.8) is 0 Å². The van der Waals surface area contributed by atoms with E-state index >= 15 is 0 Å². The molecule has 0 unspecified atom stereocenters. The molecule has 0 heterocycles. The number of halogens is 1. The summed E-state index contributed by atoms with van der Waals surface area (Å²) in [6.07, 6.45) is -1.87. The summed E-state index contributed by atoms with van der Waals surface area (Å²) < 4.78 is 4.44. The van der Waals surface area contributed by atoms with Gasteiger partial charge in [0.1, 0.15) is 12.7 Å². The summed E-state index contributed by atoms with van der Waals surface area (Å²) in [5, 5.41) is 9.96. The third-order valence-electron chi connectivity index (χ3n) is 1.65. The fourth-order valence-corrected chi connectivity index (χ4v) is 1.26. The van der Waals surface area contributed by atoms with E-state index in [9.17, 15) is 9.90 Å². The highest BCUT2D eigenvalue weighted by atomic mass is 35.5. The zero-order chi connectivity index (χ0) is 10.6. The fraction of sp³-hybridized carbons (Fsp3) is 0.222. The molecule has 5 heteroatoms. The molecule has 0 aliphatic carbocycles. The van der Waals surface area contributed by atoms with Crippen molar-refractivity contribution in [3.8, 4) is 0 Å². The topological polar surface area (TPSA) is 72.6 Å². The van der Waals surface area contributed by atoms with E-state index in [2.05, 4.69) is 4.74 Å². The molecule has 1 rings (SSSR count). The monoisotopic (exact) mass is 215 g/mol.